The van der Waals surface area contributed by atoms with Crippen molar-refractivity contribution in [3.05, 3.63) is 76.4 Å². The zero-order chi connectivity index (χ0) is 41.2. The highest BCUT2D eigenvalue weighted by molar-refractivity contribution is 6.29. The number of carbonyl (C=O) groups excluding carboxylic acids is 1. The summed E-state index contributed by atoms with van der Waals surface area (Å²) in [6.07, 6.45) is -1.11. The van der Waals surface area contributed by atoms with Gasteiger partial charge in [-0.15, -0.1) is 0 Å². The van der Waals surface area contributed by atoms with Crippen LogP contribution in [0.4, 0.5) is 30.8 Å². The first-order valence-corrected chi connectivity index (χ1v) is 20.1. The van der Waals surface area contributed by atoms with Crippen LogP contribution in [0.1, 0.15) is 47.2 Å². The monoisotopic (exact) mass is 841 g/mol. The number of nitrogens with one attached hydrogen (secondary N) is 1. The Bertz CT molecular complexity index is 2020. The molecule has 8 rings (SSSR count). The second kappa shape index (κ2) is 20.0. The van der Waals surface area contributed by atoms with E-state index in [0.29, 0.717) is 92.9 Å². The van der Waals surface area contributed by atoms with E-state index >= 15 is 0 Å². The van der Waals surface area contributed by atoms with E-state index in [-0.39, 0.29) is 17.8 Å². The number of aromatic nitrogens is 4. The molecular formula is C41H47ClF3N7O7. The molecule has 4 fully saturated rings. The highest BCUT2D eigenvalue weighted by atomic mass is 35.5. The molecule has 6 heterocycles. The van der Waals surface area contributed by atoms with Crippen LogP contribution in [0.3, 0.4) is 0 Å². The van der Waals surface area contributed by atoms with Gasteiger partial charge in [0.15, 0.2) is 0 Å². The summed E-state index contributed by atoms with van der Waals surface area (Å²) in [4.78, 5) is 35.1. The lowest BCUT2D eigenvalue weighted by Crippen LogP contribution is -2.37. The van der Waals surface area contributed by atoms with Crippen LogP contribution in [0.25, 0.3) is 11.3 Å². The average molecular weight is 842 g/mol. The van der Waals surface area contributed by atoms with Crippen LogP contribution in [0.2, 0.25) is 5.15 Å². The minimum Gasteiger partial charge on any atom is -0.474 e. The molecule has 0 unspecified atom stereocenters. The van der Waals surface area contributed by atoms with Crippen molar-refractivity contribution in [2.45, 2.75) is 51.0 Å². The molecule has 4 aliphatic heterocycles. The maximum atomic E-state index is 13.1. The van der Waals surface area contributed by atoms with E-state index in [0.717, 1.165) is 75.2 Å². The zero-order valence-electron chi connectivity index (χ0n) is 32.7. The van der Waals surface area contributed by atoms with E-state index in [1.807, 2.05) is 17.9 Å². The number of alkyl halides is 3. The summed E-state index contributed by atoms with van der Waals surface area (Å²) >= 11 is 6.07. The number of hydrogen-bond acceptors (Lipinski definition) is 13. The Kier molecular flexibility index (Phi) is 14.3. The summed E-state index contributed by atoms with van der Waals surface area (Å²) in [6, 6.07) is 13.1. The SMILES string of the molecule is Cc1ccc(NC(=O)c2cccc(C(F)(F)F)c2)cc1-c1cc(OC2CCOCC2)nc(N2CCOCC2)n1.Clc1cc(OC2CCOCC2)nc(N2CCOCC2)n1. The molecule has 2 aromatic heterocycles. The van der Waals surface area contributed by atoms with Crippen LogP contribution >= 0.6 is 11.6 Å². The molecule has 4 saturated heterocycles. The van der Waals surface area contributed by atoms with Gasteiger partial charge in [-0.25, -0.2) is 9.97 Å². The van der Waals surface area contributed by atoms with Gasteiger partial charge in [-0.3, -0.25) is 4.79 Å². The maximum absolute atomic E-state index is 13.1. The summed E-state index contributed by atoms with van der Waals surface area (Å²) in [5.41, 5.74) is 1.71. The van der Waals surface area contributed by atoms with Crippen molar-refractivity contribution in [1.29, 1.82) is 0 Å². The van der Waals surface area contributed by atoms with Crippen LogP contribution in [-0.2, 0) is 25.1 Å². The molecule has 18 heteroatoms. The molecule has 4 aliphatic rings. The number of morpholine rings is 2. The summed E-state index contributed by atoms with van der Waals surface area (Å²) in [6.45, 7) is 10.0. The first-order valence-electron chi connectivity index (χ1n) is 19.7. The number of rotatable bonds is 9. The van der Waals surface area contributed by atoms with Crippen molar-refractivity contribution in [3.8, 4) is 23.0 Å². The number of amides is 1. The number of halogens is 4. The van der Waals surface area contributed by atoms with Gasteiger partial charge >= 0.3 is 6.18 Å². The first kappa shape index (κ1) is 42.3. The minimum atomic E-state index is -4.54. The van der Waals surface area contributed by atoms with E-state index in [4.69, 9.17) is 45.0 Å². The fraction of sp³-hybridized carbons (Fsp3) is 0.488. The molecule has 4 aromatic rings. The molecule has 0 bridgehead atoms. The van der Waals surface area contributed by atoms with Gasteiger partial charge in [-0.2, -0.15) is 23.1 Å². The highest BCUT2D eigenvalue weighted by Gasteiger charge is 2.31. The van der Waals surface area contributed by atoms with Crippen molar-refractivity contribution in [2.24, 2.45) is 0 Å². The molecule has 14 nitrogen and oxygen atoms in total. The lowest BCUT2D eigenvalue weighted by Gasteiger charge is -2.28. The van der Waals surface area contributed by atoms with Crippen molar-refractivity contribution in [1.82, 2.24) is 19.9 Å². The van der Waals surface area contributed by atoms with Gasteiger partial charge in [0, 0.05) is 80.8 Å². The average Bonchev–Trinajstić information content (AvgIpc) is 3.25. The number of ether oxygens (including phenoxy) is 6. The summed E-state index contributed by atoms with van der Waals surface area (Å²) in [5.74, 6) is 1.49. The largest absolute Gasteiger partial charge is 0.474 e. The van der Waals surface area contributed by atoms with Gasteiger partial charge in [0.1, 0.15) is 17.4 Å². The number of benzene rings is 2. The zero-order valence-corrected chi connectivity index (χ0v) is 33.5. The molecule has 0 radical (unpaired) electrons. The van der Waals surface area contributed by atoms with Gasteiger partial charge in [-0.1, -0.05) is 23.7 Å². The smallest absolute Gasteiger partial charge is 0.416 e. The Morgan fingerprint density at radius 2 is 1.25 bits per heavy atom. The molecule has 0 atom stereocenters. The minimum absolute atomic E-state index is 0.0155. The normalized spacial score (nSPS) is 18.1. The van der Waals surface area contributed by atoms with Gasteiger partial charge in [0.05, 0.1) is 64.1 Å². The highest BCUT2D eigenvalue weighted by Crippen LogP contribution is 2.32. The van der Waals surface area contributed by atoms with Gasteiger partial charge in [-0.05, 0) is 42.8 Å². The number of nitrogens with zero attached hydrogens (tertiary/aromatic N) is 6. The third-order valence-corrected chi connectivity index (χ3v) is 10.3. The van der Waals surface area contributed by atoms with Crippen LogP contribution in [0, 0.1) is 6.92 Å². The molecule has 1 amide bonds. The Morgan fingerprint density at radius 1 is 0.712 bits per heavy atom. The third-order valence-electron chi connectivity index (χ3n) is 10.1. The second-order valence-corrected chi connectivity index (χ2v) is 14.7. The summed E-state index contributed by atoms with van der Waals surface area (Å²) in [7, 11) is 0. The van der Waals surface area contributed by atoms with E-state index in [2.05, 4.69) is 25.2 Å². The van der Waals surface area contributed by atoms with E-state index in [1.54, 1.807) is 24.3 Å². The van der Waals surface area contributed by atoms with Crippen LogP contribution < -0.4 is 24.6 Å². The standard InChI is InChI=1S/C28H29F3N4O4.C13H18ClN3O3/c1-18-5-6-21(32-26(36)19-3-2-4-20(15-19)28(29,30)31)16-23(18)24-17-25(39-22-7-11-37-12-8-22)34-27(33-24)35-9-13-38-14-10-35;14-11-9-12(20-10-1-5-18-6-2-10)16-13(15-11)17-3-7-19-8-4-17/h2-6,15-17,22H,7-14H2,1H3,(H,32,36);9-10H,1-8H2. The molecule has 59 heavy (non-hydrogen) atoms. The lowest BCUT2D eigenvalue weighted by molar-refractivity contribution is -0.137. The Balaban J connectivity index is 0.000000221. The molecule has 0 saturated carbocycles. The summed E-state index contributed by atoms with van der Waals surface area (Å²) < 4.78 is 73.0. The fourth-order valence-corrected chi connectivity index (χ4v) is 6.98. The molecule has 316 valence electrons. The number of aryl methyl sites for hydroxylation is 1. The summed E-state index contributed by atoms with van der Waals surface area (Å²) in [5, 5.41) is 3.12. The topological polar surface area (TPSA) is 143 Å². The Hall–Kier alpha value is -4.81. The van der Waals surface area contributed by atoms with Gasteiger partial charge in [0.25, 0.3) is 5.91 Å². The number of anilines is 3. The van der Waals surface area contributed by atoms with Gasteiger partial charge < -0.3 is 43.5 Å². The molecule has 0 aliphatic carbocycles. The van der Waals surface area contributed by atoms with E-state index < -0.39 is 17.6 Å². The van der Waals surface area contributed by atoms with Crippen LogP contribution in [0.5, 0.6) is 11.8 Å². The van der Waals surface area contributed by atoms with Crippen molar-refractivity contribution >= 4 is 35.1 Å². The first-order chi connectivity index (χ1) is 28.6. The Labute approximate surface area is 345 Å². The predicted molar refractivity (Wildman–Crippen MR) is 214 cm³/mol. The molecule has 1 N–H and O–H groups in total. The van der Waals surface area contributed by atoms with Crippen molar-refractivity contribution in [3.63, 3.8) is 0 Å². The van der Waals surface area contributed by atoms with Crippen LogP contribution in [-0.4, -0.2) is 117 Å². The third kappa shape index (κ3) is 11.9. The number of carbonyl (C=O) groups is 1. The quantitative estimate of drug-likeness (QED) is 0.180. The second-order valence-electron chi connectivity index (χ2n) is 14.3. The predicted octanol–water partition coefficient (Wildman–Crippen LogP) is 6.64. The van der Waals surface area contributed by atoms with Crippen molar-refractivity contribution in [2.75, 3.05) is 94.2 Å². The van der Waals surface area contributed by atoms with Crippen LogP contribution in [0.15, 0.2) is 54.6 Å². The lowest BCUT2D eigenvalue weighted by atomic mass is 10.0. The maximum Gasteiger partial charge on any atom is 0.416 e. The van der Waals surface area contributed by atoms with E-state index in [1.165, 1.54) is 12.1 Å². The van der Waals surface area contributed by atoms with Crippen molar-refractivity contribution < 1.29 is 46.4 Å². The number of hydrogen-bond donors (Lipinski definition) is 1. The Morgan fingerprint density at radius 3 is 1.83 bits per heavy atom. The van der Waals surface area contributed by atoms with Gasteiger partial charge in [0.2, 0.25) is 23.7 Å². The molecule has 0 spiro atoms. The van der Waals surface area contributed by atoms with E-state index in [9.17, 15) is 18.0 Å². The fourth-order valence-electron chi connectivity index (χ4n) is 6.81. The molecular weight excluding hydrogens is 795 g/mol. The molecule has 2 aromatic carbocycles.